The lowest BCUT2D eigenvalue weighted by molar-refractivity contribution is 0.102. The molecule has 1 N–H and O–H groups in total. The maximum Gasteiger partial charge on any atom is 0.259 e. The first-order valence-corrected chi connectivity index (χ1v) is 10.0. The second-order valence-electron chi connectivity index (χ2n) is 6.37. The van der Waals surface area contributed by atoms with Crippen molar-refractivity contribution < 1.29 is 13.2 Å². The molecule has 26 heavy (non-hydrogen) atoms. The highest BCUT2D eigenvalue weighted by Crippen LogP contribution is 2.25. The first-order valence-electron chi connectivity index (χ1n) is 8.43. The maximum atomic E-state index is 12.5. The Hall–Kier alpha value is -2.61. The third-order valence-corrected chi connectivity index (χ3v) is 6.09. The van der Waals surface area contributed by atoms with Gasteiger partial charge in [-0.1, -0.05) is 0 Å². The maximum absolute atomic E-state index is 12.5. The summed E-state index contributed by atoms with van der Waals surface area (Å²) >= 11 is 0. The van der Waals surface area contributed by atoms with Gasteiger partial charge in [0.2, 0.25) is 10.0 Å². The molecule has 0 saturated carbocycles. The molecule has 1 aliphatic heterocycles. The molecule has 0 atom stereocenters. The van der Waals surface area contributed by atoms with Crippen LogP contribution in [-0.4, -0.2) is 45.7 Å². The molecule has 138 valence electrons. The van der Waals surface area contributed by atoms with Gasteiger partial charge in [0.25, 0.3) is 5.91 Å². The van der Waals surface area contributed by atoms with Crippen LogP contribution in [-0.2, 0) is 10.0 Å². The molecule has 8 heteroatoms. The Balaban J connectivity index is 1.77. The standard InChI is InChI=1S/C18H22N4O3S/c1-21(2)17-16(6-5-11-19-17)18(23)20-14-7-9-15(10-8-14)22-12-3-4-13-26(22,24)25/h5-11H,3-4,12-13H2,1-2H3,(H,20,23). The molecule has 1 aromatic heterocycles. The monoisotopic (exact) mass is 374 g/mol. The van der Waals surface area contributed by atoms with Crippen LogP contribution < -0.4 is 14.5 Å². The smallest absolute Gasteiger partial charge is 0.259 e. The van der Waals surface area contributed by atoms with E-state index in [-0.39, 0.29) is 11.7 Å². The van der Waals surface area contributed by atoms with E-state index < -0.39 is 10.0 Å². The lowest BCUT2D eigenvalue weighted by atomic mass is 10.2. The summed E-state index contributed by atoms with van der Waals surface area (Å²) in [5.74, 6) is 0.501. The average Bonchev–Trinajstić information content (AvgIpc) is 2.62. The zero-order valence-electron chi connectivity index (χ0n) is 14.8. The molecular formula is C18H22N4O3S. The van der Waals surface area contributed by atoms with E-state index in [1.165, 1.54) is 4.31 Å². The number of benzene rings is 1. The van der Waals surface area contributed by atoms with Crippen LogP contribution in [0.3, 0.4) is 0 Å². The van der Waals surface area contributed by atoms with E-state index in [4.69, 9.17) is 0 Å². The summed E-state index contributed by atoms with van der Waals surface area (Å²) in [5, 5.41) is 2.83. The minimum absolute atomic E-state index is 0.180. The van der Waals surface area contributed by atoms with Crippen LogP contribution in [0.15, 0.2) is 42.6 Å². The van der Waals surface area contributed by atoms with Gasteiger partial charge in [0.1, 0.15) is 5.82 Å². The number of aromatic nitrogens is 1. The number of carbonyl (C=O) groups is 1. The average molecular weight is 374 g/mol. The lowest BCUT2D eigenvalue weighted by Crippen LogP contribution is -2.37. The first kappa shape index (κ1) is 18.2. The van der Waals surface area contributed by atoms with Crippen molar-refractivity contribution in [2.24, 2.45) is 0 Å². The number of amides is 1. The summed E-state index contributed by atoms with van der Waals surface area (Å²) in [7, 11) is 0.414. The molecule has 1 saturated heterocycles. The molecule has 3 rings (SSSR count). The van der Waals surface area contributed by atoms with Gasteiger partial charge in [-0.25, -0.2) is 13.4 Å². The Labute approximate surface area is 153 Å². The Bertz CT molecular complexity index is 895. The number of anilines is 3. The molecular weight excluding hydrogens is 352 g/mol. The highest BCUT2D eigenvalue weighted by Gasteiger charge is 2.25. The summed E-state index contributed by atoms with van der Waals surface area (Å²) < 4.78 is 25.8. The van der Waals surface area contributed by atoms with Crippen molar-refractivity contribution in [3.8, 4) is 0 Å². The number of carbonyl (C=O) groups excluding carboxylic acids is 1. The van der Waals surface area contributed by atoms with E-state index >= 15 is 0 Å². The number of pyridine rings is 1. The minimum Gasteiger partial charge on any atom is -0.362 e. The first-order chi connectivity index (χ1) is 12.4. The van der Waals surface area contributed by atoms with Crippen molar-refractivity contribution in [3.63, 3.8) is 0 Å². The second kappa shape index (κ2) is 7.33. The van der Waals surface area contributed by atoms with Crippen LogP contribution >= 0.6 is 0 Å². The van der Waals surface area contributed by atoms with E-state index in [2.05, 4.69) is 10.3 Å². The molecule has 0 spiro atoms. The van der Waals surface area contributed by atoms with Gasteiger partial charge in [0.05, 0.1) is 17.0 Å². The molecule has 2 aromatic rings. The van der Waals surface area contributed by atoms with E-state index in [9.17, 15) is 13.2 Å². The van der Waals surface area contributed by atoms with Crippen molar-refractivity contribution >= 4 is 33.1 Å². The molecule has 1 aromatic carbocycles. The van der Waals surface area contributed by atoms with Crippen LogP contribution in [0.25, 0.3) is 0 Å². The zero-order chi connectivity index (χ0) is 18.7. The fourth-order valence-electron chi connectivity index (χ4n) is 2.92. The van der Waals surface area contributed by atoms with E-state index in [1.54, 1.807) is 47.5 Å². The molecule has 1 fully saturated rings. The molecule has 0 bridgehead atoms. The number of hydrogen-bond acceptors (Lipinski definition) is 5. The highest BCUT2D eigenvalue weighted by molar-refractivity contribution is 7.92. The van der Waals surface area contributed by atoms with Gasteiger partial charge in [0.15, 0.2) is 0 Å². The summed E-state index contributed by atoms with van der Waals surface area (Å²) in [4.78, 5) is 18.5. The minimum atomic E-state index is -3.24. The summed E-state index contributed by atoms with van der Waals surface area (Å²) in [6.07, 6.45) is 3.19. The summed E-state index contributed by atoms with van der Waals surface area (Å²) in [5.41, 5.74) is 1.69. The molecule has 0 aliphatic carbocycles. The quantitative estimate of drug-likeness (QED) is 0.888. The van der Waals surface area contributed by atoms with Gasteiger partial charge in [-0.05, 0) is 49.2 Å². The number of rotatable bonds is 4. The summed E-state index contributed by atoms with van der Waals surface area (Å²) in [6, 6.07) is 10.3. The van der Waals surface area contributed by atoms with Crippen molar-refractivity contribution in [3.05, 3.63) is 48.2 Å². The van der Waals surface area contributed by atoms with Gasteiger partial charge >= 0.3 is 0 Å². The van der Waals surface area contributed by atoms with Gasteiger partial charge in [-0.15, -0.1) is 0 Å². The number of hydrogen-bond donors (Lipinski definition) is 1. The topological polar surface area (TPSA) is 82.6 Å². The zero-order valence-corrected chi connectivity index (χ0v) is 15.7. The van der Waals surface area contributed by atoms with Crippen LogP contribution in [0.5, 0.6) is 0 Å². The molecule has 2 heterocycles. The molecule has 0 radical (unpaired) electrons. The van der Waals surface area contributed by atoms with E-state index in [0.717, 1.165) is 6.42 Å². The van der Waals surface area contributed by atoms with Gasteiger partial charge in [-0.2, -0.15) is 0 Å². The van der Waals surface area contributed by atoms with Crippen molar-refractivity contribution in [2.75, 3.05) is 40.9 Å². The predicted octanol–water partition coefficient (Wildman–Crippen LogP) is 2.33. The fraction of sp³-hybridized carbons (Fsp3) is 0.333. The predicted molar refractivity (Wildman–Crippen MR) is 103 cm³/mol. The number of sulfonamides is 1. The Morgan fingerprint density at radius 1 is 1.15 bits per heavy atom. The molecule has 1 aliphatic rings. The van der Waals surface area contributed by atoms with Crippen molar-refractivity contribution in [2.45, 2.75) is 12.8 Å². The normalized spacial score (nSPS) is 16.2. The molecule has 1 amide bonds. The van der Waals surface area contributed by atoms with Crippen molar-refractivity contribution in [1.82, 2.24) is 4.98 Å². The third-order valence-electron chi connectivity index (χ3n) is 4.22. The second-order valence-corrected chi connectivity index (χ2v) is 8.38. The summed E-state index contributed by atoms with van der Waals surface area (Å²) in [6.45, 7) is 0.496. The Morgan fingerprint density at radius 3 is 2.54 bits per heavy atom. The van der Waals surface area contributed by atoms with Crippen LogP contribution in [0, 0.1) is 0 Å². The van der Waals surface area contributed by atoms with Gasteiger partial charge in [0, 0.05) is 32.5 Å². The lowest BCUT2D eigenvalue weighted by Gasteiger charge is -2.28. The van der Waals surface area contributed by atoms with Crippen LogP contribution in [0.4, 0.5) is 17.2 Å². The largest absolute Gasteiger partial charge is 0.362 e. The van der Waals surface area contributed by atoms with Crippen LogP contribution in [0.1, 0.15) is 23.2 Å². The fourth-order valence-corrected chi connectivity index (χ4v) is 4.56. The number of nitrogens with zero attached hydrogens (tertiary/aromatic N) is 3. The third kappa shape index (κ3) is 3.80. The SMILES string of the molecule is CN(C)c1ncccc1C(=O)Nc1ccc(N2CCCCS2(=O)=O)cc1. The van der Waals surface area contributed by atoms with E-state index in [0.29, 0.717) is 35.7 Å². The number of nitrogens with one attached hydrogen (secondary N) is 1. The Kier molecular flexibility index (Phi) is 5.13. The van der Waals surface area contributed by atoms with Crippen molar-refractivity contribution in [1.29, 1.82) is 0 Å². The van der Waals surface area contributed by atoms with Gasteiger partial charge in [-0.3, -0.25) is 9.10 Å². The molecule has 7 nitrogen and oxygen atoms in total. The van der Waals surface area contributed by atoms with Crippen LogP contribution in [0.2, 0.25) is 0 Å². The van der Waals surface area contributed by atoms with Gasteiger partial charge < -0.3 is 10.2 Å². The van der Waals surface area contributed by atoms with E-state index in [1.807, 2.05) is 14.1 Å². The molecule has 0 unspecified atom stereocenters. The Morgan fingerprint density at radius 2 is 1.88 bits per heavy atom. The highest BCUT2D eigenvalue weighted by atomic mass is 32.2.